The van der Waals surface area contributed by atoms with Crippen LogP contribution in [0.4, 0.5) is 0 Å². The van der Waals surface area contributed by atoms with Crippen molar-refractivity contribution in [3.63, 3.8) is 0 Å². The first-order valence-corrected chi connectivity index (χ1v) is 10.1. The molecule has 4 N–H and O–H groups in total. The Morgan fingerprint density at radius 1 is 1.42 bits per heavy atom. The van der Waals surface area contributed by atoms with Gasteiger partial charge in [0, 0.05) is 26.2 Å². The molecular formula is C20H38N6. The van der Waals surface area contributed by atoms with Crippen molar-refractivity contribution in [1.29, 1.82) is 0 Å². The van der Waals surface area contributed by atoms with Gasteiger partial charge in [0.1, 0.15) is 5.82 Å². The molecule has 0 aliphatic heterocycles. The van der Waals surface area contributed by atoms with E-state index in [2.05, 4.69) is 60.1 Å². The smallest absolute Gasteiger partial charge is 0.107 e. The molecule has 1 aliphatic carbocycles. The molecule has 0 radical (unpaired) electrons. The third kappa shape index (κ3) is 6.20. The first kappa shape index (κ1) is 21.1. The molecule has 1 heterocycles. The van der Waals surface area contributed by atoms with Gasteiger partial charge in [-0.05, 0) is 59.2 Å². The molecule has 1 fully saturated rings. The normalized spacial score (nSPS) is 16.1. The second kappa shape index (κ2) is 10.8. The van der Waals surface area contributed by atoms with Crippen molar-refractivity contribution in [2.45, 2.75) is 59.3 Å². The molecule has 0 saturated heterocycles. The number of nitrogens with two attached hydrogens (primary N) is 1. The van der Waals surface area contributed by atoms with Gasteiger partial charge in [-0.2, -0.15) is 0 Å². The zero-order valence-corrected chi connectivity index (χ0v) is 17.1. The fraction of sp³-hybridized carbons (Fsp3) is 0.750. The van der Waals surface area contributed by atoms with Gasteiger partial charge in [0.2, 0.25) is 0 Å². The van der Waals surface area contributed by atoms with Gasteiger partial charge in [0.05, 0.1) is 17.6 Å². The molecule has 0 bridgehead atoms. The summed E-state index contributed by atoms with van der Waals surface area (Å²) in [6, 6.07) is 0. The number of nitrogens with zero attached hydrogens (tertiary/aromatic N) is 3. The fourth-order valence-corrected chi connectivity index (χ4v) is 3.26. The summed E-state index contributed by atoms with van der Waals surface area (Å²) in [4.78, 5) is 7.15. The maximum absolute atomic E-state index is 6.13. The van der Waals surface area contributed by atoms with Crippen molar-refractivity contribution in [2.24, 2.45) is 11.7 Å². The molecule has 1 aromatic rings. The minimum Gasteiger partial charge on any atom is -0.325 e. The van der Waals surface area contributed by atoms with Crippen molar-refractivity contribution in [3.05, 3.63) is 29.4 Å². The molecule has 0 amide bonds. The van der Waals surface area contributed by atoms with Crippen LogP contribution >= 0.6 is 0 Å². The van der Waals surface area contributed by atoms with Gasteiger partial charge < -0.3 is 20.5 Å². The van der Waals surface area contributed by atoms with Gasteiger partial charge in [0.15, 0.2) is 0 Å². The highest BCUT2D eigenvalue weighted by Gasteiger charge is 2.22. The maximum Gasteiger partial charge on any atom is 0.107 e. The molecule has 1 unspecified atom stereocenters. The summed E-state index contributed by atoms with van der Waals surface area (Å²) in [6.07, 6.45) is 8.19. The number of imidazole rings is 1. The molecule has 0 aromatic carbocycles. The van der Waals surface area contributed by atoms with Gasteiger partial charge in [-0.25, -0.2) is 4.98 Å². The Bertz CT molecular complexity index is 561. The summed E-state index contributed by atoms with van der Waals surface area (Å²) in [5.41, 5.74) is 8.38. The fourth-order valence-electron chi connectivity index (χ4n) is 3.26. The number of aromatic nitrogens is 2. The van der Waals surface area contributed by atoms with Crippen LogP contribution in [0.2, 0.25) is 0 Å². The van der Waals surface area contributed by atoms with Crippen molar-refractivity contribution in [2.75, 3.05) is 33.2 Å². The molecule has 6 nitrogen and oxygen atoms in total. The summed E-state index contributed by atoms with van der Waals surface area (Å²) in [6.45, 7) is 11.8. The average Bonchev–Trinajstić information content (AvgIpc) is 3.40. The highest BCUT2D eigenvalue weighted by atomic mass is 15.2. The maximum atomic E-state index is 6.13. The Balaban J connectivity index is 2.08. The number of nitrogens with one attached hydrogen (secondary N) is 2. The minimum atomic E-state index is 0.194. The molecule has 148 valence electrons. The van der Waals surface area contributed by atoms with Crippen LogP contribution in [-0.2, 0) is 13.1 Å². The van der Waals surface area contributed by atoms with Gasteiger partial charge >= 0.3 is 0 Å². The number of hydrogen-bond acceptors (Lipinski definition) is 5. The van der Waals surface area contributed by atoms with Crippen LogP contribution in [0.3, 0.4) is 0 Å². The highest BCUT2D eigenvalue weighted by molar-refractivity contribution is 5.18. The predicted octanol–water partition coefficient (Wildman–Crippen LogP) is 2.16. The molecule has 6 heteroatoms. The Labute approximate surface area is 159 Å². The minimum absolute atomic E-state index is 0.194. The van der Waals surface area contributed by atoms with E-state index in [0.717, 1.165) is 62.3 Å². The molecule has 2 rings (SSSR count). The lowest BCUT2D eigenvalue weighted by atomic mass is 10.2. The SMILES string of the molecule is C/C=C\CC(NCCN(C)CC)n1c(C)nc(CNCC2CC2)c1CN. The standard InChI is InChI=1S/C20H38N6/c1-5-7-8-20(23-11-12-25(4)6-2)26-16(3)24-18(19(26)13-21)15-22-14-17-9-10-17/h5,7,17,20,22-23H,6,8-15,21H2,1-4H3/b7-5-. The van der Waals surface area contributed by atoms with E-state index in [0.29, 0.717) is 6.54 Å². The third-order valence-electron chi connectivity index (χ3n) is 5.21. The van der Waals surface area contributed by atoms with E-state index < -0.39 is 0 Å². The van der Waals surface area contributed by atoms with Gasteiger partial charge in [0.25, 0.3) is 0 Å². The summed E-state index contributed by atoms with van der Waals surface area (Å²) in [7, 11) is 2.15. The molecule has 1 atom stereocenters. The van der Waals surface area contributed by atoms with Crippen molar-refractivity contribution in [3.8, 4) is 0 Å². The van der Waals surface area contributed by atoms with Crippen LogP contribution in [0, 0.1) is 12.8 Å². The van der Waals surface area contributed by atoms with Crippen molar-refractivity contribution >= 4 is 0 Å². The Hall–Kier alpha value is -1.21. The lowest BCUT2D eigenvalue weighted by Crippen LogP contribution is -2.35. The summed E-state index contributed by atoms with van der Waals surface area (Å²) in [5.74, 6) is 1.92. The molecule has 26 heavy (non-hydrogen) atoms. The zero-order valence-electron chi connectivity index (χ0n) is 17.1. The number of allylic oxidation sites excluding steroid dienone is 1. The predicted molar refractivity (Wildman–Crippen MR) is 109 cm³/mol. The van der Waals surface area contributed by atoms with Crippen LogP contribution in [-0.4, -0.2) is 47.7 Å². The quantitative estimate of drug-likeness (QED) is 0.469. The first-order valence-electron chi connectivity index (χ1n) is 10.1. The van der Waals surface area contributed by atoms with Crippen LogP contribution in [0.5, 0.6) is 0 Å². The molecular weight excluding hydrogens is 324 g/mol. The van der Waals surface area contributed by atoms with Gasteiger partial charge in [-0.15, -0.1) is 0 Å². The lowest BCUT2D eigenvalue weighted by Gasteiger charge is -2.24. The topological polar surface area (TPSA) is 71.1 Å². The highest BCUT2D eigenvalue weighted by Crippen LogP contribution is 2.27. The number of likely N-dealkylation sites (N-methyl/N-ethyl adjacent to an activating group) is 1. The second-order valence-corrected chi connectivity index (χ2v) is 7.37. The Morgan fingerprint density at radius 2 is 2.19 bits per heavy atom. The largest absolute Gasteiger partial charge is 0.325 e. The van der Waals surface area contributed by atoms with Gasteiger partial charge in [-0.3, -0.25) is 5.32 Å². The van der Waals surface area contributed by atoms with Gasteiger partial charge in [-0.1, -0.05) is 19.1 Å². The number of aryl methyl sites for hydroxylation is 1. The van der Waals surface area contributed by atoms with E-state index in [-0.39, 0.29) is 6.17 Å². The molecule has 1 aromatic heterocycles. The number of rotatable bonds is 13. The Kier molecular flexibility index (Phi) is 8.78. The molecule has 1 saturated carbocycles. The monoisotopic (exact) mass is 362 g/mol. The van der Waals surface area contributed by atoms with E-state index in [1.165, 1.54) is 12.8 Å². The first-order chi connectivity index (χ1) is 12.6. The second-order valence-electron chi connectivity index (χ2n) is 7.37. The summed E-state index contributed by atoms with van der Waals surface area (Å²) < 4.78 is 2.31. The Morgan fingerprint density at radius 3 is 2.81 bits per heavy atom. The van der Waals surface area contributed by atoms with Crippen molar-refractivity contribution in [1.82, 2.24) is 25.1 Å². The molecule has 0 spiro atoms. The van der Waals surface area contributed by atoms with Crippen LogP contribution in [0.1, 0.15) is 56.5 Å². The van der Waals surface area contributed by atoms with E-state index in [4.69, 9.17) is 10.7 Å². The molecule has 1 aliphatic rings. The van der Waals surface area contributed by atoms with Crippen LogP contribution < -0.4 is 16.4 Å². The van der Waals surface area contributed by atoms with Crippen molar-refractivity contribution < 1.29 is 0 Å². The van der Waals surface area contributed by atoms with E-state index in [1.54, 1.807) is 0 Å². The number of hydrogen-bond donors (Lipinski definition) is 3. The third-order valence-corrected chi connectivity index (χ3v) is 5.21. The van der Waals surface area contributed by atoms with E-state index >= 15 is 0 Å². The summed E-state index contributed by atoms with van der Waals surface area (Å²) >= 11 is 0. The van der Waals surface area contributed by atoms with E-state index in [9.17, 15) is 0 Å². The van der Waals surface area contributed by atoms with E-state index in [1.807, 2.05) is 0 Å². The average molecular weight is 363 g/mol. The van der Waals surface area contributed by atoms with Crippen LogP contribution in [0.15, 0.2) is 12.2 Å². The lowest BCUT2D eigenvalue weighted by molar-refractivity contribution is 0.315. The zero-order chi connectivity index (χ0) is 18.9. The summed E-state index contributed by atoms with van der Waals surface area (Å²) in [5, 5.41) is 7.26. The van der Waals surface area contributed by atoms with Crippen LogP contribution in [0.25, 0.3) is 0 Å².